The van der Waals surface area contributed by atoms with E-state index in [2.05, 4.69) is 49.0 Å². The molecule has 2 aliphatic heterocycles. The highest BCUT2D eigenvalue weighted by molar-refractivity contribution is 7.99. The van der Waals surface area contributed by atoms with Gasteiger partial charge in [0.1, 0.15) is 23.8 Å². The molecule has 188 valence electrons. The summed E-state index contributed by atoms with van der Waals surface area (Å²) in [4.78, 5) is 18.2. The van der Waals surface area contributed by atoms with Crippen LogP contribution in [0.3, 0.4) is 0 Å². The third-order valence-corrected chi connectivity index (χ3v) is 7.40. The van der Waals surface area contributed by atoms with Gasteiger partial charge >= 0.3 is 0 Å². The zero-order chi connectivity index (χ0) is 24.4. The van der Waals surface area contributed by atoms with Crippen LogP contribution in [0.5, 0.6) is 0 Å². The fourth-order valence-electron chi connectivity index (χ4n) is 4.56. The van der Waals surface area contributed by atoms with Crippen molar-refractivity contribution in [3.63, 3.8) is 0 Å². The van der Waals surface area contributed by atoms with E-state index in [1.54, 1.807) is 0 Å². The van der Waals surface area contributed by atoms with Crippen molar-refractivity contribution >= 4 is 28.7 Å². The summed E-state index contributed by atoms with van der Waals surface area (Å²) in [6, 6.07) is 10.6. The summed E-state index contributed by atoms with van der Waals surface area (Å²) >= 11 is 1.52. The summed E-state index contributed by atoms with van der Waals surface area (Å²) in [5.41, 5.74) is 8.30. The first-order valence-corrected chi connectivity index (χ1v) is 12.8. The highest BCUT2D eigenvalue weighted by Gasteiger charge is 2.44. The van der Waals surface area contributed by atoms with Crippen LogP contribution in [-0.2, 0) is 11.3 Å². The fraction of sp³-hybridized carbons (Fsp3) is 0.522. The number of hydrogen-bond donors (Lipinski definition) is 4. The zero-order valence-corrected chi connectivity index (χ0v) is 20.2. The second-order valence-electron chi connectivity index (χ2n) is 8.90. The van der Waals surface area contributed by atoms with E-state index in [1.807, 2.05) is 6.07 Å². The molecule has 4 atom stereocenters. The van der Waals surface area contributed by atoms with E-state index in [4.69, 9.17) is 10.5 Å². The van der Waals surface area contributed by atoms with Crippen molar-refractivity contribution in [1.82, 2.24) is 29.3 Å². The first-order valence-electron chi connectivity index (χ1n) is 11.8. The van der Waals surface area contributed by atoms with Gasteiger partial charge in [0.25, 0.3) is 0 Å². The number of rotatable bonds is 8. The van der Waals surface area contributed by atoms with Crippen LogP contribution in [0.25, 0.3) is 11.2 Å². The molecule has 0 aliphatic carbocycles. The van der Waals surface area contributed by atoms with Gasteiger partial charge in [0.2, 0.25) is 0 Å². The highest BCUT2D eigenvalue weighted by atomic mass is 32.2. The molecule has 5 rings (SSSR count). The summed E-state index contributed by atoms with van der Waals surface area (Å²) in [5, 5.41) is 30.4. The largest absolute Gasteiger partial charge is 0.394 e. The monoisotopic (exact) mass is 501 g/mol. The first-order chi connectivity index (χ1) is 17.0. The Balaban J connectivity index is 1.17. The molecular weight excluding hydrogens is 470 g/mol. The minimum absolute atomic E-state index is 0.248. The Kier molecular flexibility index (Phi) is 7.48. The van der Waals surface area contributed by atoms with E-state index in [1.165, 1.54) is 28.2 Å². The van der Waals surface area contributed by atoms with E-state index in [0.29, 0.717) is 16.3 Å². The molecule has 0 saturated carbocycles. The molecule has 2 saturated heterocycles. The van der Waals surface area contributed by atoms with Gasteiger partial charge in [-0.05, 0) is 5.56 Å². The van der Waals surface area contributed by atoms with Crippen LogP contribution in [0, 0.1) is 0 Å². The molecule has 12 heteroatoms. The summed E-state index contributed by atoms with van der Waals surface area (Å²) < 4.78 is 7.16. The smallest absolute Gasteiger partial charge is 0.191 e. The average Bonchev–Trinajstić information content (AvgIpc) is 3.42. The van der Waals surface area contributed by atoms with Crippen LogP contribution in [0.4, 0.5) is 5.82 Å². The zero-order valence-electron chi connectivity index (χ0n) is 19.3. The summed E-state index contributed by atoms with van der Waals surface area (Å²) in [6.07, 6.45) is -2.78. The predicted octanol–water partition coefficient (Wildman–Crippen LogP) is -0.0701. The molecule has 2 aliphatic rings. The number of nitrogens with zero attached hydrogens (tertiary/aromatic N) is 6. The number of hydrogen-bond acceptors (Lipinski definition) is 11. The van der Waals surface area contributed by atoms with Crippen molar-refractivity contribution in [2.24, 2.45) is 0 Å². The van der Waals surface area contributed by atoms with Crippen LogP contribution < -0.4 is 5.73 Å². The standard InChI is InChI=1S/C23H31N7O4S/c24-20-17-21(30(14-25-17)22-19(33)18(32)16(13-31)34-22)27-23(26-20)35-11-10-28-6-8-29(9-7-28)12-15-4-2-1-3-5-15/h1-5,14,16,18-19,22,31-33H,6-13H2,(H2,24,26,27)/t16-,18-,19-,22-/m1/s1. The van der Waals surface area contributed by atoms with Gasteiger partial charge in [-0.15, -0.1) is 0 Å². The number of aliphatic hydroxyl groups is 3. The molecule has 35 heavy (non-hydrogen) atoms. The third kappa shape index (κ3) is 5.28. The van der Waals surface area contributed by atoms with Crippen LogP contribution in [0.15, 0.2) is 41.8 Å². The fourth-order valence-corrected chi connectivity index (χ4v) is 5.40. The quantitative estimate of drug-likeness (QED) is 0.243. The average molecular weight is 502 g/mol. The lowest BCUT2D eigenvalue weighted by Crippen LogP contribution is -2.46. The third-order valence-electron chi connectivity index (χ3n) is 6.57. The van der Waals surface area contributed by atoms with E-state index in [9.17, 15) is 15.3 Å². The lowest BCUT2D eigenvalue weighted by atomic mass is 10.1. The molecule has 0 bridgehead atoms. The summed E-state index contributed by atoms with van der Waals surface area (Å²) in [5.74, 6) is 1.06. The van der Waals surface area contributed by atoms with Crippen LogP contribution >= 0.6 is 11.8 Å². The molecule has 0 unspecified atom stereocenters. The Morgan fingerprint density at radius 3 is 2.49 bits per heavy atom. The molecule has 2 aromatic heterocycles. The highest BCUT2D eigenvalue weighted by Crippen LogP contribution is 2.32. The Morgan fingerprint density at radius 1 is 1.03 bits per heavy atom. The molecule has 11 nitrogen and oxygen atoms in total. The second-order valence-corrected chi connectivity index (χ2v) is 9.96. The van der Waals surface area contributed by atoms with E-state index >= 15 is 0 Å². The Morgan fingerprint density at radius 2 is 1.77 bits per heavy atom. The molecule has 0 spiro atoms. The molecule has 1 aromatic carbocycles. The van der Waals surface area contributed by atoms with Gasteiger partial charge in [-0.2, -0.15) is 0 Å². The molecule has 4 heterocycles. The van der Waals surface area contributed by atoms with Crippen molar-refractivity contribution in [1.29, 1.82) is 0 Å². The normalized spacial score (nSPS) is 26.0. The van der Waals surface area contributed by atoms with Crippen molar-refractivity contribution < 1.29 is 20.1 Å². The summed E-state index contributed by atoms with van der Waals surface area (Å²) in [6.45, 7) is 5.62. The maximum atomic E-state index is 10.4. The van der Waals surface area contributed by atoms with Gasteiger partial charge in [-0.3, -0.25) is 14.4 Å². The van der Waals surface area contributed by atoms with Crippen LogP contribution in [0.2, 0.25) is 0 Å². The van der Waals surface area contributed by atoms with Crippen LogP contribution in [-0.4, -0.2) is 108 Å². The second kappa shape index (κ2) is 10.7. The SMILES string of the molecule is Nc1nc(SCCN2CCN(Cc3ccccc3)CC2)nc2c1ncn2[C@@H]1O[C@H](CO)[C@@H](O)[C@H]1O. The van der Waals surface area contributed by atoms with Gasteiger partial charge in [0, 0.05) is 45.0 Å². The summed E-state index contributed by atoms with van der Waals surface area (Å²) in [7, 11) is 0. The lowest BCUT2D eigenvalue weighted by Gasteiger charge is -2.34. The number of nitrogen functional groups attached to an aromatic ring is 1. The number of aliphatic hydroxyl groups excluding tert-OH is 3. The van der Waals surface area contributed by atoms with E-state index in [0.717, 1.165) is 45.0 Å². The molecule has 0 radical (unpaired) electrons. The van der Waals surface area contributed by atoms with Crippen molar-refractivity contribution in [3.05, 3.63) is 42.2 Å². The number of anilines is 1. The number of piperazine rings is 1. The number of imidazole rings is 1. The molecule has 2 fully saturated rings. The number of nitrogens with two attached hydrogens (primary N) is 1. The maximum absolute atomic E-state index is 10.4. The Labute approximate surface area is 207 Å². The number of ether oxygens (including phenoxy) is 1. The molecular formula is C23H31N7O4S. The lowest BCUT2D eigenvalue weighted by molar-refractivity contribution is -0.0511. The van der Waals surface area contributed by atoms with Gasteiger partial charge in [-0.25, -0.2) is 15.0 Å². The van der Waals surface area contributed by atoms with Crippen molar-refractivity contribution in [2.45, 2.75) is 36.2 Å². The molecule has 5 N–H and O–H groups in total. The van der Waals surface area contributed by atoms with E-state index < -0.39 is 31.1 Å². The maximum Gasteiger partial charge on any atom is 0.191 e. The number of benzene rings is 1. The van der Waals surface area contributed by atoms with Gasteiger partial charge in [0.05, 0.1) is 12.9 Å². The number of fused-ring (bicyclic) bond motifs is 1. The van der Waals surface area contributed by atoms with Gasteiger partial charge in [-0.1, -0.05) is 42.1 Å². The van der Waals surface area contributed by atoms with Crippen LogP contribution in [0.1, 0.15) is 11.8 Å². The molecule has 3 aromatic rings. The van der Waals surface area contributed by atoms with Crippen molar-refractivity contribution in [2.75, 3.05) is 50.8 Å². The van der Waals surface area contributed by atoms with Gasteiger partial charge in [0.15, 0.2) is 22.8 Å². The van der Waals surface area contributed by atoms with Gasteiger partial charge < -0.3 is 25.8 Å². The minimum atomic E-state index is -1.22. The minimum Gasteiger partial charge on any atom is -0.394 e. The predicted molar refractivity (Wildman–Crippen MR) is 132 cm³/mol. The number of aromatic nitrogens is 4. The van der Waals surface area contributed by atoms with Crippen molar-refractivity contribution in [3.8, 4) is 0 Å². The first kappa shape index (κ1) is 24.4. The molecule has 0 amide bonds. The number of thioether (sulfide) groups is 1. The van der Waals surface area contributed by atoms with E-state index in [-0.39, 0.29) is 5.82 Å². The Hall–Kier alpha value is -2.32. The topological polar surface area (TPSA) is 146 Å². The Bertz CT molecular complexity index is 1130.